The number of nitrogens with zero attached hydrogens (tertiary/aromatic N) is 2. The molecule has 1 heterocycles. The molecule has 0 fully saturated rings. The summed E-state index contributed by atoms with van der Waals surface area (Å²) in [5, 5.41) is 0.140. The van der Waals surface area contributed by atoms with Crippen LogP contribution in [0.1, 0.15) is 24.4 Å². The van der Waals surface area contributed by atoms with Crippen LogP contribution in [0.2, 0.25) is 5.02 Å². The van der Waals surface area contributed by atoms with E-state index in [1.54, 1.807) is 19.2 Å². The molecule has 0 aliphatic rings. The zero-order valence-electron chi connectivity index (χ0n) is 15.2. The molecule has 1 atom stereocenters. The van der Waals surface area contributed by atoms with Crippen molar-refractivity contribution in [3.8, 4) is 11.4 Å². The molecule has 27 heavy (non-hydrogen) atoms. The first-order valence-corrected chi connectivity index (χ1v) is 10.1. The van der Waals surface area contributed by atoms with Crippen LogP contribution in [0.15, 0.2) is 59.8 Å². The Hall–Kier alpha value is -2.35. The van der Waals surface area contributed by atoms with Crippen LogP contribution < -0.4 is 9.46 Å². The summed E-state index contributed by atoms with van der Waals surface area (Å²) in [5.41, 5.74) is 1.79. The van der Waals surface area contributed by atoms with Gasteiger partial charge in [-0.15, -0.1) is 0 Å². The molecule has 0 saturated carbocycles. The number of nitrogens with one attached hydrogen (secondary N) is 1. The standard InChI is InChI=1S/C19H20ClN3O3S/c1-13(15-4-6-16(7-5-15)23-11-10-21-14(23)2)22-27(24,25)19-12-17(26-3)8-9-18(19)20/h4-13,22H,1-3H3/t13-/m0/s1. The van der Waals surface area contributed by atoms with Crippen molar-refractivity contribution in [3.05, 3.63) is 71.3 Å². The van der Waals surface area contributed by atoms with Crippen LogP contribution in [-0.2, 0) is 10.0 Å². The van der Waals surface area contributed by atoms with Gasteiger partial charge in [-0.3, -0.25) is 0 Å². The highest BCUT2D eigenvalue weighted by atomic mass is 35.5. The van der Waals surface area contributed by atoms with Crippen molar-refractivity contribution < 1.29 is 13.2 Å². The summed E-state index contributed by atoms with van der Waals surface area (Å²) in [6.07, 6.45) is 3.61. The predicted molar refractivity (Wildman–Crippen MR) is 105 cm³/mol. The van der Waals surface area contributed by atoms with Gasteiger partial charge in [-0.25, -0.2) is 18.1 Å². The molecule has 3 rings (SSSR count). The molecule has 0 radical (unpaired) electrons. The largest absolute Gasteiger partial charge is 0.497 e. The third kappa shape index (κ3) is 4.16. The Morgan fingerprint density at radius 3 is 2.48 bits per heavy atom. The number of ether oxygens (including phenoxy) is 1. The van der Waals surface area contributed by atoms with E-state index in [0.29, 0.717) is 5.75 Å². The highest BCUT2D eigenvalue weighted by Gasteiger charge is 2.22. The van der Waals surface area contributed by atoms with Crippen molar-refractivity contribution >= 4 is 21.6 Å². The minimum atomic E-state index is -3.81. The fourth-order valence-electron chi connectivity index (χ4n) is 2.76. The van der Waals surface area contributed by atoms with E-state index in [1.165, 1.54) is 19.2 Å². The average Bonchev–Trinajstić information content (AvgIpc) is 3.07. The lowest BCUT2D eigenvalue weighted by Gasteiger charge is -2.16. The topological polar surface area (TPSA) is 73.2 Å². The van der Waals surface area contributed by atoms with Gasteiger partial charge in [-0.05, 0) is 43.7 Å². The zero-order valence-corrected chi connectivity index (χ0v) is 16.8. The maximum absolute atomic E-state index is 12.7. The number of rotatable bonds is 6. The lowest BCUT2D eigenvalue weighted by atomic mass is 10.1. The number of aryl methyl sites for hydroxylation is 1. The van der Waals surface area contributed by atoms with Crippen LogP contribution in [0.25, 0.3) is 5.69 Å². The molecule has 0 unspecified atom stereocenters. The molecular weight excluding hydrogens is 386 g/mol. The van der Waals surface area contributed by atoms with E-state index in [-0.39, 0.29) is 9.92 Å². The average molecular weight is 406 g/mol. The van der Waals surface area contributed by atoms with Gasteiger partial charge in [0.25, 0.3) is 0 Å². The van der Waals surface area contributed by atoms with Crippen molar-refractivity contribution in [3.63, 3.8) is 0 Å². The van der Waals surface area contributed by atoms with E-state index >= 15 is 0 Å². The highest BCUT2D eigenvalue weighted by Crippen LogP contribution is 2.27. The molecule has 0 aliphatic carbocycles. The smallest absolute Gasteiger partial charge is 0.242 e. The van der Waals surface area contributed by atoms with Gasteiger partial charge in [0.1, 0.15) is 16.5 Å². The van der Waals surface area contributed by atoms with Crippen molar-refractivity contribution in [1.82, 2.24) is 14.3 Å². The summed E-state index contributed by atoms with van der Waals surface area (Å²) < 4.78 is 35.2. The summed E-state index contributed by atoms with van der Waals surface area (Å²) in [7, 11) is -2.34. The Labute approximate surface area is 163 Å². The minimum Gasteiger partial charge on any atom is -0.497 e. The summed E-state index contributed by atoms with van der Waals surface area (Å²) in [6, 6.07) is 11.7. The number of hydrogen-bond donors (Lipinski definition) is 1. The number of sulfonamides is 1. The summed E-state index contributed by atoms with van der Waals surface area (Å²) in [5.74, 6) is 1.30. The Morgan fingerprint density at radius 2 is 1.89 bits per heavy atom. The van der Waals surface area contributed by atoms with Crippen molar-refractivity contribution in [1.29, 1.82) is 0 Å². The van der Waals surface area contributed by atoms with E-state index < -0.39 is 16.1 Å². The third-order valence-electron chi connectivity index (χ3n) is 4.26. The lowest BCUT2D eigenvalue weighted by Crippen LogP contribution is -2.27. The highest BCUT2D eigenvalue weighted by molar-refractivity contribution is 7.89. The van der Waals surface area contributed by atoms with Gasteiger partial charge < -0.3 is 9.30 Å². The molecule has 8 heteroatoms. The molecule has 0 spiro atoms. The monoisotopic (exact) mass is 405 g/mol. The lowest BCUT2D eigenvalue weighted by molar-refractivity contribution is 0.413. The van der Waals surface area contributed by atoms with Crippen LogP contribution >= 0.6 is 11.6 Å². The van der Waals surface area contributed by atoms with Gasteiger partial charge >= 0.3 is 0 Å². The number of hydrogen-bond acceptors (Lipinski definition) is 4. The predicted octanol–water partition coefficient (Wildman–Crippen LogP) is 3.88. The molecule has 3 aromatic rings. The third-order valence-corrected chi connectivity index (χ3v) is 6.28. The number of benzene rings is 2. The van der Waals surface area contributed by atoms with Gasteiger partial charge in [0.05, 0.1) is 12.1 Å². The Balaban J connectivity index is 1.82. The second-order valence-corrected chi connectivity index (χ2v) is 8.16. The first kappa shape index (κ1) is 19.4. The van der Waals surface area contributed by atoms with Crippen LogP contribution in [0.3, 0.4) is 0 Å². The molecule has 1 N–H and O–H groups in total. The molecule has 0 bridgehead atoms. The van der Waals surface area contributed by atoms with Gasteiger partial charge in [-0.2, -0.15) is 0 Å². The Kier molecular flexibility index (Phi) is 5.55. The van der Waals surface area contributed by atoms with Crippen LogP contribution in [-0.4, -0.2) is 25.1 Å². The fraction of sp³-hybridized carbons (Fsp3) is 0.211. The van der Waals surface area contributed by atoms with Crippen molar-refractivity contribution in [2.75, 3.05) is 7.11 Å². The molecule has 1 aromatic heterocycles. The van der Waals surface area contributed by atoms with Gasteiger partial charge in [-0.1, -0.05) is 23.7 Å². The fourth-order valence-corrected chi connectivity index (χ4v) is 4.50. The molecule has 6 nitrogen and oxygen atoms in total. The van der Waals surface area contributed by atoms with Gasteiger partial charge in [0, 0.05) is 30.2 Å². The second kappa shape index (κ2) is 7.72. The number of imidazole rings is 1. The SMILES string of the molecule is COc1ccc(Cl)c(S(=O)(=O)N[C@@H](C)c2ccc(-n3ccnc3C)cc2)c1. The van der Waals surface area contributed by atoms with E-state index in [1.807, 2.05) is 42.0 Å². The molecule has 0 aliphatic heterocycles. The maximum atomic E-state index is 12.7. The van der Waals surface area contributed by atoms with E-state index in [9.17, 15) is 8.42 Å². The summed E-state index contributed by atoms with van der Waals surface area (Å²) in [4.78, 5) is 4.19. The number of methoxy groups -OCH3 is 1. The molecule has 0 amide bonds. The van der Waals surface area contributed by atoms with E-state index in [0.717, 1.165) is 17.1 Å². The molecule has 2 aromatic carbocycles. The Bertz CT molecular complexity index is 1050. The number of halogens is 1. The van der Waals surface area contributed by atoms with Crippen molar-refractivity contribution in [2.24, 2.45) is 0 Å². The first-order valence-electron chi connectivity index (χ1n) is 8.28. The van der Waals surface area contributed by atoms with E-state index in [2.05, 4.69) is 9.71 Å². The van der Waals surface area contributed by atoms with Gasteiger partial charge in [0.15, 0.2) is 0 Å². The second-order valence-electron chi connectivity index (χ2n) is 6.08. The van der Waals surface area contributed by atoms with Gasteiger partial charge in [0.2, 0.25) is 10.0 Å². The maximum Gasteiger partial charge on any atom is 0.242 e. The van der Waals surface area contributed by atoms with Crippen molar-refractivity contribution in [2.45, 2.75) is 24.8 Å². The van der Waals surface area contributed by atoms with Crippen LogP contribution in [0, 0.1) is 6.92 Å². The summed E-state index contributed by atoms with van der Waals surface area (Å²) >= 11 is 6.08. The minimum absolute atomic E-state index is 0.0129. The molecular formula is C19H20ClN3O3S. The quantitative estimate of drug-likeness (QED) is 0.675. The van der Waals surface area contributed by atoms with Crippen LogP contribution in [0.4, 0.5) is 0 Å². The van der Waals surface area contributed by atoms with E-state index in [4.69, 9.17) is 16.3 Å². The zero-order chi connectivity index (χ0) is 19.6. The normalized spacial score (nSPS) is 12.7. The summed E-state index contributed by atoms with van der Waals surface area (Å²) in [6.45, 7) is 3.70. The molecule has 142 valence electrons. The van der Waals surface area contributed by atoms with Crippen LogP contribution in [0.5, 0.6) is 5.75 Å². The first-order chi connectivity index (χ1) is 12.8. The Morgan fingerprint density at radius 1 is 1.19 bits per heavy atom. The molecule has 0 saturated heterocycles. The number of aromatic nitrogens is 2.